The van der Waals surface area contributed by atoms with Gasteiger partial charge in [0.1, 0.15) is 6.42 Å². The van der Waals surface area contributed by atoms with E-state index in [1.807, 2.05) is 4.90 Å². The zero-order valence-electron chi connectivity index (χ0n) is 15.1. The predicted octanol–water partition coefficient (Wildman–Crippen LogP) is 1.17. The van der Waals surface area contributed by atoms with Gasteiger partial charge in [-0.15, -0.1) is 0 Å². The van der Waals surface area contributed by atoms with E-state index in [1.54, 1.807) is 12.1 Å². The molecule has 3 N–H and O–H groups in total. The van der Waals surface area contributed by atoms with Crippen LogP contribution in [0.15, 0.2) is 29.2 Å². The molecule has 1 atom stereocenters. The van der Waals surface area contributed by atoms with Gasteiger partial charge in [-0.05, 0) is 49.8 Å². The average Bonchev–Trinajstić information content (AvgIpc) is 2.61. The first-order chi connectivity index (χ1) is 12.3. The van der Waals surface area contributed by atoms with Crippen molar-refractivity contribution in [3.63, 3.8) is 0 Å². The van der Waals surface area contributed by atoms with Crippen LogP contribution in [0.4, 0.5) is 0 Å². The van der Waals surface area contributed by atoms with Crippen molar-refractivity contribution in [1.29, 1.82) is 0 Å². The Balaban J connectivity index is 1.77. The second-order valence-electron chi connectivity index (χ2n) is 6.61. The maximum Gasteiger partial charge on any atom is 0.238 e. The van der Waals surface area contributed by atoms with Crippen molar-refractivity contribution in [2.24, 2.45) is 5.14 Å². The number of nitrogens with two attached hydrogens (primary N) is 1. The zero-order valence-corrected chi connectivity index (χ0v) is 15.9. The van der Waals surface area contributed by atoms with Gasteiger partial charge in [-0.25, -0.2) is 13.6 Å². The SMILES string of the molecule is CCC1CCCCN1C(=O)CC(=O)NCCc1ccc(S(N)(=O)=O)cc1. The molecule has 7 nitrogen and oxygen atoms in total. The number of carbonyl (C=O) groups is 2. The first kappa shape index (κ1) is 20.4. The monoisotopic (exact) mass is 381 g/mol. The fourth-order valence-corrected chi connectivity index (χ4v) is 3.76. The number of likely N-dealkylation sites (tertiary alicyclic amines) is 1. The molecule has 1 aliphatic heterocycles. The minimum atomic E-state index is -3.70. The van der Waals surface area contributed by atoms with Crippen LogP contribution >= 0.6 is 0 Å². The minimum Gasteiger partial charge on any atom is -0.355 e. The molecule has 0 radical (unpaired) electrons. The molecule has 2 rings (SSSR count). The van der Waals surface area contributed by atoms with Crippen LogP contribution < -0.4 is 10.5 Å². The van der Waals surface area contributed by atoms with Gasteiger partial charge in [-0.3, -0.25) is 9.59 Å². The Kier molecular flexibility index (Phi) is 7.16. The zero-order chi connectivity index (χ0) is 19.2. The molecule has 0 spiro atoms. The van der Waals surface area contributed by atoms with Crippen molar-refractivity contribution in [1.82, 2.24) is 10.2 Å². The van der Waals surface area contributed by atoms with Crippen molar-refractivity contribution in [3.05, 3.63) is 29.8 Å². The van der Waals surface area contributed by atoms with Crippen molar-refractivity contribution in [2.45, 2.75) is 56.4 Å². The highest BCUT2D eigenvalue weighted by molar-refractivity contribution is 7.89. The number of carbonyl (C=O) groups excluding carboxylic acids is 2. The Morgan fingerprint density at radius 2 is 1.92 bits per heavy atom. The number of amides is 2. The quantitative estimate of drug-likeness (QED) is 0.691. The Morgan fingerprint density at radius 3 is 2.54 bits per heavy atom. The third kappa shape index (κ3) is 5.81. The number of benzene rings is 1. The average molecular weight is 381 g/mol. The molecule has 1 aliphatic rings. The summed E-state index contributed by atoms with van der Waals surface area (Å²) in [5, 5.41) is 7.80. The van der Waals surface area contributed by atoms with Crippen molar-refractivity contribution >= 4 is 21.8 Å². The van der Waals surface area contributed by atoms with E-state index in [0.29, 0.717) is 13.0 Å². The molecular formula is C18H27N3O4S. The second-order valence-corrected chi connectivity index (χ2v) is 8.17. The van der Waals surface area contributed by atoms with Crippen LogP contribution in [0.1, 0.15) is 44.6 Å². The number of sulfonamides is 1. The van der Waals surface area contributed by atoms with E-state index in [2.05, 4.69) is 12.2 Å². The largest absolute Gasteiger partial charge is 0.355 e. The number of nitrogens with zero attached hydrogens (tertiary/aromatic N) is 1. The predicted molar refractivity (Wildman–Crippen MR) is 98.8 cm³/mol. The summed E-state index contributed by atoms with van der Waals surface area (Å²) >= 11 is 0. The van der Waals surface area contributed by atoms with Crippen LogP contribution in [0, 0.1) is 0 Å². The first-order valence-electron chi connectivity index (χ1n) is 8.99. The van der Waals surface area contributed by atoms with Gasteiger partial charge in [0.05, 0.1) is 4.90 Å². The highest BCUT2D eigenvalue weighted by Gasteiger charge is 2.26. The van der Waals surface area contributed by atoms with Crippen LogP contribution in [0.5, 0.6) is 0 Å². The number of nitrogens with one attached hydrogen (secondary N) is 1. The number of primary sulfonamides is 1. The lowest BCUT2D eigenvalue weighted by Crippen LogP contribution is -2.45. The van der Waals surface area contributed by atoms with Gasteiger partial charge in [0.15, 0.2) is 0 Å². The molecule has 0 saturated carbocycles. The van der Waals surface area contributed by atoms with Gasteiger partial charge in [0.2, 0.25) is 21.8 Å². The first-order valence-corrected chi connectivity index (χ1v) is 10.5. The van der Waals surface area contributed by atoms with Crippen LogP contribution in [0.2, 0.25) is 0 Å². The normalized spacial score (nSPS) is 17.8. The summed E-state index contributed by atoms with van der Waals surface area (Å²) in [5.74, 6) is -0.386. The van der Waals surface area contributed by atoms with Crippen LogP contribution in [0.25, 0.3) is 0 Å². The van der Waals surface area contributed by atoms with E-state index in [1.165, 1.54) is 12.1 Å². The van der Waals surface area contributed by atoms with E-state index in [0.717, 1.165) is 37.8 Å². The van der Waals surface area contributed by atoms with Gasteiger partial charge in [-0.2, -0.15) is 0 Å². The molecule has 1 fully saturated rings. The molecule has 1 aromatic rings. The molecule has 0 aromatic heterocycles. The molecule has 0 bridgehead atoms. The summed E-state index contributed by atoms with van der Waals surface area (Å²) < 4.78 is 22.4. The van der Waals surface area contributed by atoms with Crippen molar-refractivity contribution < 1.29 is 18.0 Å². The van der Waals surface area contributed by atoms with Gasteiger partial charge in [-0.1, -0.05) is 19.1 Å². The number of rotatable bonds is 7. The van der Waals surface area contributed by atoms with Crippen molar-refractivity contribution in [2.75, 3.05) is 13.1 Å². The maximum absolute atomic E-state index is 12.3. The summed E-state index contributed by atoms with van der Waals surface area (Å²) in [6.07, 6.45) is 4.49. The van der Waals surface area contributed by atoms with Gasteiger partial charge in [0.25, 0.3) is 0 Å². The van der Waals surface area contributed by atoms with Crippen LogP contribution in [-0.2, 0) is 26.0 Å². The minimum absolute atomic E-state index is 0.0582. The van der Waals surface area contributed by atoms with E-state index >= 15 is 0 Å². The molecule has 2 amide bonds. The molecular weight excluding hydrogens is 354 g/mol. The molecule has 8 heteroatoms. The molecule has 1 unspecified atom stereocenters. The van der Waals surface area contributed by atoms with Crippen LogP contribution in [0.3, 0.4) is 0 Å². The Hall–Kier alpha value is -1.93. The fraction of sp³-hybridized carbons (Fsp3) is 0.556. The van der Waals surface area contributed by atoms with E-state index in [9.17, 15) is 18.0 Å². The third-order valence-electron chi connectivity index (χ3n) is 4.72. The number of piperidine rings is 1. The van der Waals surface area contributed by atoms with Crippen molar-refractivity contribution in [3.8, 4) is 0 Å². The highest BCUT2D eigenvalue weighted by atomic mass is 32.2. The molecule has 1 heterocycles. The smallest absolute Gasteiger partial charge is 0.238 e. The van der Waals surface area contributed by atoms with E-state index in [4.69, 9.17) is 5.14 Å². The molecule has 144 valence electrons. The Morgan fingerprint density at radius 1 is 1.23 bits per heavy atom. The van der Waals surface area contributed by atoms with Gasteiger partial charge < -0.3 is 10.2 Å². The Labute approximate surface area is 155 Å². The van der Waals surface area contributed by atoms with Gasteiger partial charge >= 0.3 is 0 Å². The summed E-state index contributed by atoms with van der Waals surface area (Å²) in [4.78, 5) is 26.3. The topological polar surface area (TPSA) is 110 Å². The highest BCUT2D eigenvalue weighted by Crippen LogP contribution is 2.20. The summed E-state index contributed by atoms with van der Waals surface area (Å²) in [7, 11) is -3.70. The lowest BCUT2D eigenvalue weighted by molar-refractivity contribution is -0.139. The van der Waals surface area contributed by atoms with E-state index < -0.39 is 10.0 Å². The molecule has 0 aliphatic carbocycles. The lowest BCUT2D eigenvalue weighted by atomic mass is 9.99. The molecule has 1 saturated heterocycles. The standard InChI is InChI=1S/C18H27N3O4S/c1-2-15-5-3-4-12-21(15)18(23)13-17(22)20-11-10-14-6-8-16(9-7-14)26(19,24)25/h6-9,15H,2-5,10-13H2,1H3,(H,20,22)(H2,19,24,25). The summed E-state index contributed by atoms with van der Waals surface area (Å²) in [6.45, 7) is 3.19. The Bertz CT molecular complexity index is 731. The summed E-state index contributed by atoms with van der Waals surface area (Å²) in [6, 6.07) is 6.46. The lowest BCUT2D eigenvalue weighted by Gasteiger charge is -2.35. The van der Waals surface area contributed by atoms with Gasteiger partial charge in [0, 0.05) is 19.1 Å². The maximum atomic E-state index is 12.3. The number of hydrogen-bond donors (Lipinski definition) is 2. The van der Waals surface area contributed by atoms with E-state index in [-0.39, 0.29) is 29.2 Å². The molecule has 26 heavy (non-hydrogen) atoms. The number of hydrogen-bond acceptors (Lipinski definition) is 4. The summed E-state index contributed by atoms with van der Waals surface area (Å²) in [5.41, 5.74) is 0.881. The molecule has 1 aromatic carbocycles. The fourth-order valence-electron chi connectivity index (χ4n) is 3.25. The third-order valence-corrected chi connectivity index (χ3v) is 5.65. The second kappa shape index (κ2) is 9.14. The van der Waals surface area contributed by atoms with Crippen LogP contribution in [-0.4, -0.2) is 44.3 Å².